The van der Waals surface area contributed by atoms with E-state index < -0.39 is 5.91 Å². The fourth-order valence-corrected chi connectivity index (χ4v) is 3.45. The number of hydrogen-bond donors (Lipinski definition) is 4. The first-order valence-electron chi connectivity index (χ1n) is 9.34. The number of carbonyl (C=O) groups is 1. The van der Waals surface area contributed by atoms with E-state index in [2.05, 4.69) is 22.4 Å². The molecule has 0 bridgehead atoms. The van der Waals surface area contributed by atoms with Gasteiger partial charge in [-0.15, -0.1) is 0 Å². The molecule has 0 unspecified atom stereocenters. The Morgan fingerprint density at radius 2 is 1.89 bits per heavy atom. The van der Waals surface area contributed by atoms with Crippen molar-refractivity contribution in [3.63, 3.8) is 0 Å². The summed E-state index contributed by atoms with van der Waals surface area (Å²) in [6.45, 7) is 1.74. The number of benzene rings is 2. The van der Waals surface area contributed by atoms with Crippen LogP contribution in [-0.4, -0.2) is 22.6 Å². The zero-order chi connectivity index (χ0) is 19.8. The molecule has 5 nitrogen and oxygen atoms in total. The fourth-order valence-electron chi connectivity index (χ4n) is 3.15. The van der Waals surface area contributed by atoms with Crippen LogP contribution in [0.3, 0.4) is 0 Å². The van der Waals surface area contributed by atoms with Crippen LogP contribution in [0.25, 0.3) is 17.0 Å². The molecule has 0 spiro atoms. The number of amides is 1. The number of carbonyl (C=O) groups excluding carboxylic acids is 1. The van der Waals surface area contributed by atoms with Gasteiger partial charge in [-0.3, -0.25) is 10.0 Å². The predicted molar refractivity (Wildman–Crippen MR) is 113 cm³/mol. The lowest BCUT2D eigenvalue weighted by atomic mass is 10.1. The van der Waals surface area contributed by atoms with Gasteiger partial charge in [0.25, 0.3) is 5.91 Å². The minimum absolute atomic E-state index is 0.542. The van der Waals surface area contributed by atoms with Crippen molar-refractivity contribution in [2.75, 3.05) is 6.54 Å². The Labute approximate surface area is 169 Å². The first-order valence-corrected chi connectivity index (χ1v) is 9.72. The number of rotatable bonds is 9. The summed E-state index contributed by atoms with van der Waals surface area (Å²) in [7, 11) is 0. The SMILES string of the molecule is O=C(C=Cc1ccc(CNCCCCc2c(Cl)[nH]c3ccccc23)cc1)NO. The largest absolute Gasteiger partial charge is 0.345 e. The van der Waals surface area contributed by atoms with Crippen LogP contribution < -0.4 is 10.8 Å². The van der Waals surface area contributed by atoms with E-state index in [-0.39, 0.29) is 0 Å². The third kappa shape index (κ3) is 5.45. The van der Waals surface area contributed by atoms with Gasteiger partial charge >= 0.3 is 0 Å². The highest BCUT2D eigenvalue weighted by molar-refractivity contribution is 6.31. The van der Waals surface area contributed by atoms with E-state index in [1.54, 1.807) is 11.6 Å². The van der Waals surface area contributed by atoms with Gasteiger partial charge in [0.1, 0.15) is 5.15 Å². The lowest BCUT2D eigenvalue weighted by Crippen LogP contribution is -2.15. The smallest absolute Gasteiger partial charge is 0.267 e. The first kappa shape index (κ1) is 20.1. The molecule has 0 atom stereocenters. The summed E-state index contributed by atoms with van der Waals surface area (Å²) in [5.74, 6) is -0.542. The molecule has 1 amide bonds. The van der Waals surface area contributed by atoms with Crippen molar-refractivity contribution in [2.45, 2.75) is 25.8 Å². The second-order valence-electron chi connectivity index (χ2n) is 6.65. The number of H-pyrrole nitrogens is 1. The molecule has 1 aromatic heterocycles. The molecule has 0 radical (unpaired) electrons. The van der Waals surface area contributed by atoms with Crippen LogP contribution in [0.15, 0.2) is 54.6 Å². The molecule has 3 aromatic rings. The maximum absolute atomic E-state index is 11.0. The van der Waals surface area contributed by atoms with Crippen LogP contribution in [-0.2, 0) is 17.8 Å². The Hall–Kier alpha value is -2.60. The summed E-state index contributed by atoms with van der Waals surface area (Å²) in [5.41, 5.74) is 5.95. The molecule has 2 aromatic carbocycles. The molecule has 3 rings (SSSR count). The molecule has 6 heteroatoms. The number of aryl methyl sites for hydroxylation is 1. The van der Waals surface area contributed by atoms with Crippen LogP contribution in [0, 0.1) is 0 Å². The van der Waals surface area contributed by atoms with E-state index >= 15 is 0 Å². The van der Waals surface area contributed by atoms with Crippen LogP contribution in [0.4, 0.5) is 0 Å². The topological polar surface area (TPSA) is 77.2 Å². The molecule has 0 aliphatic carbocycles. The summed E-state index contributed by atoms with van der Waals surface area (Å²) >= 11 is 6.34. The van der Waals surface area contributed by atoms with Gasteiger partial charge in [0.15, 0.2) is 0 Å². The van der Waals surface area contributed by atoms with Crippen LogP contribution in [0.2, 0.25) is 5.15 Å². The van der Waals surface area contributed by atoms with Crippen LogP contribution >= 0.6 is 11.6 Å². The minimum Gasteiger partial charge on any atom is -0.345 e. The molecule has 0 saturated carbocycles. The van der Waals surface area contributed by atoms with E-state index in [0.29, 0.717) is 0 Å². The standard InChI is InChI=1S/C22H24ClN3O2/c23-22-19(18-5-1-2-7-20(18)25-22)6-3-4-14-24-15-17-10-8-16(9-11-17)12-13-21(27)26-28/h1-2,5,7-13,24-25,28H,3-4,6,14-15H2,(H,26,27). The second-order valence-corrected chi connectivity index (χ2v) is 7.03. The number of aromatic amines is 1. The summed E-state index contributed by atoms with van der Waals surface area (Å²) in [6.07, 6.45) is 6.05. The lowest BCUT2D eigenvalue weighted by molar-refractivity contribution is -0.124. The minimum atomic E-state index is -0.542. The molecule has 4 N–H and O–H groups in total. The lowest BCUT2D eigenvalue weighted by Gasteiger charge is -2.06. The first-order chi connectivity index (χ1) is 13.7. The van der Waals surface area contributed by atoms with Crippen LogP contribution in [0.5, 0.6) is 0 Å². The van der Waals surface area contributed by atoms with E-state index in [0.717, 1.165) is 48.6 Å². The number of fused-ring (bicyclic) bond motifs is 1. The van der Waals surface area contributed by atoms with Crippen molar-refractivity contribution in [1.29, 1.82) is 0 Å². The third-order valence-corrected chi connectivity index (χ3v) is 4.96. The number of hydrogen-bond acceptors (Lipinski definition) is 3. The fraction of sp³-hybridized carbons (Fsp3) is 0.227. The maximum atomic E-state index is 11.0. The number of hydroxylamine groups is 1. The Morgan fingerprint density at radius 3 is 2.68 bits per heavy atom. The van der Waals surface area contributed by atoms with Gasteiger partial charge in [-0.1, -0.05) is 54.1 Å². The van der Waals surface area contributed by atoms with E-state index in [1.807, 2.05) is 36.4 Å². The van der Waals surface area contributed by atoms with Crippen molar-refractivity contribution in [1.82, 2.24) is 15.8 Å². The van der Waals surface area contributed by atoms with Crippen molar-refractivity contribution in [3.05, 3.63) is 76.5 Å². The number of para-hydroxylation sites is 1. The number of nitrogens with one attached hydrogen (secondary N) is 3. The molecule has 0 saturated heterocycles. The Bertz CT molecular complexity index is 948. The summed E-state index contributed by atoms with van der Waals surface area (Å²) < 4.78 is 0. The zero-order valence-electron chi connectivity index (χ0n) is 15.5. The van der Waals surface area contributed by atoms with Gasteiger partial charge in [0.2, 0.25) is 0 Å². The second kappa shape index (κ2) is 10.1. The summed E-state index contributed by atoms with van der Waals surface area (Å²) in [6, 6.07) is 16.1. The highest BCUT2D eigenvalue weighted by Crippen LogP contribution is 2.27. The van der Waals surface area contributed by atoms with Gasteiger partial charge < -0.3 is 10.3 Å². The third-order valence-electron chi connectivity index (χ3n) is 4.64. The van der Waals surface area contributed by atoms with Gasteiger partial charge in [-0.2, -0.15) is 0 Å². The highest BCUT2D eigenvalue weighted by Gasteiger charge is 2.08. The van der Waals surface area contributed by atoms with Gasteiger partial charge in [0, 0.05) is 23.5 Å². The Kier molecular flexibility index (Phi) is 7.25. The molecule has 28 heavy (non-hydrogen) atoms. The van der Waals surface area contributed by atoms with Crippen molar-refractivity contribution < 1.29 is 10.0 Å². The van der Waals surface area contributed by atoms with Crippen LogP contribution in [0.1, 0.15) is 29.5 Å². The zero-order valence-corrected chi connectivity index (χ0v) is 16.3. The maximum Gasteiger partial charge on any atom is 0.267 e. The number of aromatic nitrogens is 1. The number of unbranched alkanes of at least 4 members (excludes halogenated alkanes) is 1. The molecule has 0 fully saturated rings. The van der Waals surface area contributed by atoms with E-state index in [9.17, 15) is 4.79 Å². The van der Waals surface area contributed by atoms with Crippen molar-refractivity contribution in [2.24, 2.45) is 0 Å². The van der Waals surface area contributed by atoms with E-state index in [4.69, 9.17) is 16.8 Å². The Morgan fingerprint density at radius 1 is 1.11 bits per heavy atom. The van der Waals surface area contributed by atoms with Gasteiger partial charge in [-0.05, 0) is 54.6 Å². The average molecular weight is 398 g/mol. The monoisotopic (exact) mass is 397 g/mol. The van der Waals surface area contributed by atoms with Crippen molar-refractivity contribution in [3.8, 4) is 0 Å². The summed E-state index contributed by atoms with van der Waals surface area (Å²) in [5, 5.41) is 13.9. The van der Waals surface area contributed by atoms with E-state index in [1.165, 1.54) is 22.6 Å². The molecular formula is C22H24ClN3O2. The normalized spacial score (nSPS) is 11.4. The molecule has 0 aliphatic rings. The molecular weight excluding hydrogens is 374 g/mol. The van der Waals surface area contributed by atoms with Crippen molar-refractivity contribution >= 4 is 34.5 Å². The Balaban J connectivity index is 1.38. The quantitative estimate of drug-likeness (QED) is 0.186. The van der Waals surface area contributed by atoms with Gasteiger partial charge in [-0.25, -0.2) is 5.48 Å². The summed E-state index contributed by atoms with van der Waals surface area (Å²) in [4.78, 5) is 14.2. The molecule has 0 aliphatic heterocycles. The highest BCUT2D eigenvalue weighted by atomic mass is 35.5. The number of halogens is 1. The molecule has 1 heterocycles. The van der Waals surface area contributed by atoms with Gasteiger partial charge in [0.05, 0.1) is 0 Å². The predicted octanol–water partition coefficient (Wildman–Crippen LogP) is 4.45. The average Bonchev–Trinajstić information content (AvgIpc) is 3.04. The molecule has 146 valence electrons.